The first-order valence-corrected chi connectivity index (χ1v) is 7.78. The molecule has 0 radical (unpaired) electrons. The first-order valence-electron chi connectivity index (χ1n) is 7.78. The maximum Gasteiger partial charge on any atom is 0.159 e. The molecule has 1 saturated carbocycles. The second kappa shape index (κ2) is 5.01. The highest BCUT2D eigenvalue weighted by Gasteiger charge is 2.41. The summed E-state index contributed by atoms with van der Waals surface area (Å²) < 4.78 is 26.7. The number of rotatable bonds is 1. The van der Waals surface area contributed by atoms with E-state index in [4.69, 9.17) is 0 Å². The Labute approximate surface area is 128 Å². The van der Waals surface area contributed by atoms with Crippen molar-refractivity contribution in [3.05, 3.63) is 65.2 Å². The molecule has 4 rings (SSSR count). The lowest BCUT2D eigenvalue weighted by molar-refractivity contribution is 0.348. The molecule has 1 heterocycles. The molecule has 22 heavy (non-hydrogen) atoms. The topological polar surface area (TPSA) is 12.4 Å². The molecule has 2 atom stereocenters. The quantitative estimate of drug-likeness (QED) is 0.679. The molecule has 2 unspecified atom stereocenters. The van der Waals surface area contributed by atoms with Crippen molar-refractivity contribution in [2.45, 2.75) is 37.0 Å². The molecule has 1 fully saturated rings. The number of fused-ring (bicyclic) bond motifs is 2. The Morgan fingerprint density at radius 3 is 2.77 bits per heavy atom. The molecule has 2 aromatic carbocycles. The van der Waals surface area contributed by atoms with Crippen LogP contribution in [0.15, 0.2) is 47.5 Å². The van der Waals surface area contributed by atoms with E-state index < -0.39 is 11.6 Å². The van der Waals surface area contributed by atoms with Crippen LogP contribution in [-0.4, -0.2) is 6.21 Å². The summed E-state index contributed by atoms with van der Waals surface area (Å²) in [6, 6.07) is 12.6. The summed E-state index contributed by atoms with van der Waals surface area (Å²) in [5.74, 6) is -1.28. The van der Waals surface area contributed by atoms with Crippen molar-refractivity contribution in [2.75, 3.05) is 0 Å². The second-order valence-corrected chi connectivity index (χ2v) is 6.40. The molecule has 2 aliphatic rings. The highest BCUT2D eigenvalue weighted by Crippen LogP contribution is 2.50. The number of hydrogen-bond acceptors (Lipinski definition) is 1. The maximum atomic E-state index is 13.5. The van der Waals surface area contributed by atoms with Crippen LogP contribution in [0.4, 0.5) is 14.5 Å². The molecule has 1 nitrogen and oxygen atoms in total. The maximum absolute atomic E-state index is 13.5. The van der Waals surface area contributed by atoms with E-state index in [9.17, 15) is 8.78 Å². The number of para-hydroxylation sites is 1. The van der Waals surface area contributed by atoms with E-state index in [1.807, 2.05) is 12.1 Å². The van der Waals surface area contributed by atoms with E-state index in [-0.39, 0.29) is 11.3 Å². The minimum Gasteiger partial charge on any atom is -0.260 e. The number of aliphatic imine (C=N–C) groups is 1. The Balaban J connectivity index is 1.68. The normalized spacial score (nSPS) is 26.4. The molecule has 1 aliphatic carbocycles. The van der Waals surface area contributed by atoms with Gasteiger partial charge in [0.2, 0.25) is 0 Å². The van der Waals surface area contributed by atoms with E-state index in [0.717, 1.165) is 36.9 Å². The van der Waals surface area contributed by atoms with Gasteiger partial charge < -0.3 is 0 Å². The first kappa shape index (κ1) is 13.6. The SMILES string of the molecule is Fc1ccc(C2CCCC3(C=Nc4ccccc43)C2)cc1F. The molecule has 0 aromatic heterocycles. The van der Waals surface area contributed by atoms with Crippen molar-refractivity contribution in [3.63, 3.8) is 0 Å². The van der Waals surface area contributed by atoms with Crippen LogP contribution in [0.25, 0.3) is 0 Å². The molecule has 1 spiro atoms. The zero-order chi connectivity index (χ0) is 15.2. The molecule has 0 N–H and O–H groups in total. The van der Waals surface area contributed by atoms with E-state index in [1.54, 1.807) is 6.07 Å². The van der Waals surface area contributed by atoms with Gasteiger partial charge in [-0.25, -0.2) is 8.78 Å². The fourth-order valence-electron chi connectivity index (χ4n) is 3.99. The van der Waals surface area contributed by atoms with Gasteiger partial charge in [0.1, 0.15) is 0 Å². The van der Waals surface area contributed by atoms with Crippen molar-refractivity contribution in [1.82, 2.24) is 0 Å². The van der Waals surface area contributed by atoms with Gasteiger partial charge in [-0.3, -0.25) is 4.99 Å². The standard InChI is InChI=1S/C19H17F2N/c20-16-8-7-13(10-17(16)21)14-4-3-9-19(11-14)12-22-18-6-2-1-5-15(18)19/h1-2,5-8,10,12,14H,3-4,9,11H2. The summed E-state index contributed by atoms with van der Waals surface area (Å²) in [6.45, 7) is 0. The van der Waals surface area contributed by atoms with Crippen LogP contribution in [0.3, 0.4) is 0 Å². The molecule has 2 aromatic rings. The van der Waals surface area contributed by atoms with Gasteiger partial charge in [-0.05, 0) is 54.5 Å². The van der Waals surface area contributed by atoms with Crippen molar-refractivity contribution in [2.24, 2.45) is 4.99 Å². The number of hydrogen-bond donors (Lipinski definition) is 0. The summed E-state index contributed by atoms with van der Waals surface area (Å²) in [6.07, 6.45) is 6.16. The Kier molecular flexibility index (Phi) is 3.10. The number of halogens is 2. The molecule has 0 amide bonds. The van der Waals surface area contributed by atoms with Crippen molar-refractivity contribution >= 4 is 11.9 Å². The lowest BCUT2D eigenvalue weighted by Gasteiger charge is -2.37. The third-order valence-electron chi connectivity index (χ3n) is 5.09. The Bertz CT molecular complexity index is 753. The number of nitrogens with zero attached hydrogens (tertiary/aromatic N) is 1. The zero-order valence-corrected chi connectivity index (χ0v) is 12.2. The lowest BCUT2D eigenvalue weighted by Crippen LogP contribution is -2.32. The van der Waals surface area contributed by atoms with E-state index in [0.29, 0.717) is 0 Å². The van der Waals surface area contributed by atoms with E-state index in [1.165, 1.54) is 17.7 Å². The summed E-state index contributed by atoms with van der Waals surface area (Å²) in [5.41, 5.74) is 3.19. The third-order valence-corrected chi connectivity index (χ3v) is 5.09. The van der Waals surface area contributed by atoms with Gasteiger partial charge in [0, 0.05) is 11.6 Å². The molecule has 3 heteroatoms. The first-order chi connectivity index (χ1) is 10.7. The number of benzene rings is 2. The monoisotopic (exact) mass is 297 g/mol. The van der Waals surface area contributed by atoms with Crippen molar-refractivity contribution in [1.29, 1.82) is 0 Å². The lowest BCUT2D eigenvalue weighted by atomic mass is 9.66. The van der Waals surface area contributed by atoms with Gasteiger partial charge >= 0.3 is 0 Å². The van der Waals surface area contributed by atoms with E-state index in [2.05, 4.69) is 23.3 Å². The summed E-state index contributed by atoms with van der Waals surface area (Å²) in [4.78, 5) is 4.58. The molecule has 0 bridgehead atoms. The Morgan fingerprint density at radius 2 is 1.91 bits per heavy atom. The predicted molar refractivity (Wildman–Crippen MR) is 83.8 cm³/mol. The predicted octanol–water partition coefficient (Wildman–Crippen LogP) is 5.28. The van der Waals surface area contributed by atoms with Crippen LogP contribution in [0, 0.1) is 11.6 Å². The van der Waals surface area contributed by atoms with Gasteiger partial charge in [-0.15, -0.1) is 0 Å². The van der Waals surface area contributed by atoms with Crippen LogP contribution >= 0.6 is 0 Å². The van der Waals surface area contributed by atoms with E-state index >= 15 is 0 Å². The van der Waals surface area contributed by atoms with Crippen LogP contribution in [0.1, 0.15) is 42.7 Å². The molecular formula is C19H17F2N. The highest BCUT2D eigenvalue weighted by atomic mass is 19.2. The Hall–Kier alpha value is -2.03. The fraction of sp³-hybridized carbons (Fsp3) is 0.316. The van der Waals surface area contributed by atoms with Gasteiger partial charge in [0.25, 0.3) is 0 Å². The summed E-state index contributed by atoms with van der Waals surface area (Å²) in [7, 11) is 0. The Morgan fingerprint density at radius 1 is 1.05 bits per heavy atom. The molecule has 0 saturated heterocycles. The minimum absolute atomic E-state index is 0.0373. The summed E-state index contributed by atoms with van der Waals surface area (Å²) in [5, 5.41) is 0. The van der Waals surface area contributed by atoms with Gasteiger partial charge in [-0.2, -0.15) is 0 Å². The fourth-order valence-corrected chi connectivity index (χ4v) is 3.99. The van der Waals surface area contributed by atoms with Gasteiger partial charge in [0.15, 0.2) is 11.6 Å². The van der Waals surface area contributed by atoms with Crippen LogP contribution in [0.2, 0.25) is 0 Å². The average molecular weight is 297 g/mol. The van der Waals surface area contributed by atoms with Crippen LogP contribution < -0.4 is 0 Å². The second-order valence-electron chi connectivity index (χ2n) is 6.40. The molecular weight excluding hydrogens is 280 g/mol. The van der Waals surface area contributed by atoms with Crippen molar-refractivity contribution in [3.8, 4) is 0 Å². The minimum atomic E-state index is -0.776. The molecule has 1 aliphatic heterocycles. The zero-order valence-electron chi connectivity index (χ0n) is 12.2. The molecule has 112 valence electrons. The third kappa shape index (κ3) is 2.07. The average Bonchev–Trinajstić information content (AvgIpc) is 2.89. The summed E-state index contributed by atoms with van der Waals surface area (Å²) >= 11 is 0. The van der Waals surface area contributed by atoms with Gasteiger partial charge in [0.05, 0.1) is 5.69 Å². The van der Waals surface area contributed by atoms with Crippen molar-refractivity contribution < 1.29 is 8.78 Å². The van der Waals surface area contributed by atoms with Gasteiger partial charge in [-0.1, -0.05) is 30.7 Å². The highest BCUT2D eigenvalue weighted by molar-refractivity contribution is 5.85. The smallest absolute Gasteiger partial charge is 0.159 e. The van der Waals surface area contributed by atoms with Crippen LogP contribution in [-0.2, 0) is 5.41 Å². The van der Waals surface area contributed by atoms with Crippen LogP contribution in [0.5, 0.6) is 0 Å². The largest absolute Gasteiger partial charge is 0.260 e.